The van der Waals surface area contributed by atoms with E-state index in [2.05, 4.69) is 20.4 Å². The van der Waals surface area contributed by atoms with Crippen LogP contribution in [0.1, 0.15) is 65.7 Å². The summed E-state index contributed by atoms with van der Waals surface area (Å²) in [6.07, 6.45) is 8.18. The molecule has 1 N–H and O–H groups in total. The first kappa shape index (κ1) is 14.7. The monoisotopic (exact) mass is 212 g/mol. The molecular weight excluding hydrogens is 184 g/mol. The van der Waals surface area contributed by atoms with Crippen LogP contribution in [0.5, 0.6) is 0 Å². The molecule has 90 valence electrons. The highest BCUT2D eigenvalue weighted by molar-refractivity contribution is 4.95. The van der Waals surface area contributed by atoms with Crippen LogP contribution in [0.3, 0.4) is 0 Å². The topological polar surface area (TPSA) is 20.2 Å². The van der Waals surface area contributed by atoms with Crippen molar-refractivity contribution in [3.63, 3.8) is 0 Å². The Kier molecular flexibility index (Phi) is 8.79. The molecule has 0 spiro atoms. The molecule has 0 aromatic heterocycles. The first-order chi connectivity index (χ1) is 7.06. The predicted molar refractivity (Wildman–Crippen MR) is 68.0 cm³/mol. The summed E-state index contributed by atoms with van der Waals surface area (Å²) in [4.78, 5) is 0. The van der Waals surface area contributed by atoms with Crippen LogP contribution in [0.15, 0.2) is 12.2 Å². The van der Waals surface area contributed by atoms with Crippen molar-refractivity contribution in [1.82, 2.24) is 0 Å². The van der Waals surface area contributed by atoms with Gasteiger partial charge in [-0.25, -0.2) is 0 Å². The predicted octanol–water partition coefficient (Wildman–Crippen LogP) is 4.31. The van der Waals surface area contributed by atoms with Gasteiger partial charge in [0.15, 0.2) is 0 Å². The van der Waals surface area contributed by atoms with Gasteiger partial charge in [-0.05, 0) is 32.1 Å². The van der Waals surface area contributed by atoms with E-state index in [0.29, 0.717) is 0 Å². The molecule has 2 atom stereocenters. The highest BCUT2D eigenvalue weighted by Gasteiger charge is 2.03. The van der Waals surface area contributed by atoms with E-state index < -0.39 is 0 Å². The third kappa shape index (κ3) is 9.99. The number of hydrogen-bond acceptors (Lipinski definition) is 1. The number of hydrogen-bond donors (Lipinski definition) is 1. The average Bonchev–Trinajstić information content (AvgIpc) is 2.13. The quantitative estimate of drug-likeness (QED) is 0.565. The van der Waals surface area contributed by atoms with Crippen LogP contribution in [0.4, 0.5) is 0 Å². The molecule has 0 aliphatic rings. The molecule has 1 nitrogen and oxygen atoms in total. The Morgan fingerprint density at radius 1 is 1.20 bits per heavy atom. The van der Waals surface area contributed by atoms with Gasteiger partial charge in [0.25, 0.3) is 0 Å². The molecule has 15 heavy (non-hydrogen) atoms. The van der Waals surface area contributed by atoms with E-state index in [1.807, 2.05) is 6.92 Å². The fourth-order valence-electron chi connectivity index (χ4n) is 1.92. The minimum absolute atomic E-state index is 0.227. The summed E-state index contributed by atoms with van der Waals surface area (Å²) in [5, 5.41) is 9.19. The van der Waals surface area contributed by atoms with E-state index in [1.54, 1.807) is 0 Å². The molecule has 0 aromatic rings. The molecule has 0 aromatic carbocycles. The average molecular weight is 212 g/mol. The van der Waals surface area contributed by atoms with Crippen LogP contribution in [0, 0.1) is 5.92 Å². The molecule has 0 heterocycles. The van der Waals surface area contributed by atoms with Crippen molar-refractivity contribution >= 4 is 0 Å². The molecule has 1 heteroatoms. The van der Waals surface area contributed by atoms with Crippen molar-refractivity contribution in [3.8, 4) is 0 Å². The Morgan fingerprint density at radius 2 is 1.80 bits per heavy atom. The molecule has 0 bridgehead atoms. The van der Waals surface area contributed by atoms with E-state index in [9.17, 15) is 5.11 Å². The fourth-order valence-corrected chi connectivity index (χ4v) is 1.92. The Hall–Kier alpha value is -0.300. The highest BCUT2D eigenvalue weighted by atomic mass is 16.3. The van der Waals surface area contributed by atoms with Crippen molar-refractivity contribution in [2.75, 3.05) is 0 Å². The molecule has 0 radical (unpaired) electrons. The highest BCUT2D eigenvalue weighted by Crippen LogP contribution is 2.18. The van der Waals surface area contributed by atoms with Crippen LogP contribution in [0.2, 0.25) is 0 Å². The smallest absolute Gasteiger partial charge is 0.0549 e. The second-order valence-corrected chi connectivity index (χ2v) is 4.94. The zero-order valence-electron chi connectivity index (χ0n) is 10.8. The van der Waals surface area contributed by atoms with Gasteiger partial charge in [0.1, 0.15) is 0 Å². The Morgan fingerprint density at radius 3 is 2.33 bits per heavy atom. The second-order valence-electron chi connectivity index (χ2n) is 4.94. The number of rotatable bonds is 9. The lowest BCUT2D eigenvalue weighted by atomic mass is 9.95. The standard InChI is InChI=1S/C14H28O/c1-5-6-8-12(2)9-7-10-13(3)11-14(4)15/h12,14-15H,3,5-11H2,1-2,4H3. The maximum absolute atomic E-state index is 9.19. The minimum Gasteiger partial charge on any atom is -0.393 e. The number of aliphatic hydroxyl groups excluding tert-OH is 1. The molecule has 0 aliphatic carbocycles. The van der Waals surface area contributed by atoms with Crippen molar-refractivity contribution < 1.29 is 5.11 Å². The summed E-state index contributed by atoms with van der Waals surface area (Å²) in [6, 6.07) is 0. The Balaban J connectivity index is 3.40. The van der Waals surface area contributed by atoms with Crippen molar-refractivity contribution in [2.24, 2.45) is 5.92 Å². The first-order valence-electron chi connectivity index (χ1n) is 6.41. The van der Waals surface area contributed by atoms with Crippen molar-refractivity contribution in [1.29, 1.82) is 0 Å². The SMILES string of the molecule is C=C(CCCC(C)CCCC)CC(C)O. The zero-order chi connectivity index (χ0) is 11.7. The number of unbranched alkanes of at least 4 members (excludes halogenated alkanes) is 1. The lowest BCUT2D eigenvalue weighted by molar-refractivity contribution is 0.194. The van der Waals surface area contributed by atoms with Crippen molar-refractivity contribution in [3.05, 3.63) is 12.2 Å². The van der Waals surface area contributed by atoms with Crippen LogP contribution in [-0.4, -0.2) is 11.2 Å². The van der Waals surface area contributed by atoms with Gasteiger partial charge in [0, 0.05) is 0 Å². The van der Waals surface area contributed by atoms with Crippen molar-refractivity contribution in [2.45, 2.75) is 71.8 Å². The van der Waals surface area contributed by atoms with Crippen LogP contribution in [-0.2, 0) is 0 Å². The fraction of sp³-hybridized carbons (Fsp3) is 0.857. The Bertz CT molecular complexity index is 161. The second kappa shape index (κ2) is 8.96. The maximum Gasteiger partial charge on any atom is 0.0549 e. The lowest BCUT2D eigenvalue weighted by Gasteiger charge is -2.12. The summed E-state index contributed by atoms with van der Waals surface area (Å²) in [5.74, 6) is 0.851. The summed E-state index contributed by atoms with van der Waals surface area (Å²) in [7, 11) is 0. The lowest BCUT2D eigenvalue weighted by Crippen LogP contribution is -2.01. The van der Waals surface area contributed by atoms with Gasteiger partial charge in [-0.1, -0.05) is 51.7 Å². The summed E-state index contributed by atoms with van der Waals surface area (Å²) < 4.78 is 0. The van der Waals surface area contributed by atoms with Gasteiger partial charge in [-0.3, -0.25) is 0 Å². The molecule has 0 aliphatic heterocycles. The normalized spacial score (nSPS) is 14.9. The molecule has 0 amide bonds. The third-order valence-corrected chi connectivity index (χ3v) is 2.86. The van der Waals surface area contributed by atoms with Gasteiger partial charge in [-0.15, -0.1) is 0 Å². The first-order valence-corrected chi connectivity index (χ1v) is 6.41. The van der Waals surface area contributed by atoms with E-state index in [-0.39, 0.29) is 6.10 Å². The van der Waals surface area contributed by atoms with Gasteiger partial charge >= 0.3 is 0 Å². The van der Waals surface area contributed by atoms with Gasteiger partial charge in [0.05, 0.1) is 6.10 Å². The van der Waals surface area contributed by atoms with Gasteiger partial charge in [0.2, 0.25) is 0 Å². The Labute approximate surface area is 95.6 Å². The molecule has 2 unspecified atom stereocenters. The summed E-state index contributed by atoms with van der Waals surface area (Å²) >= 11 is 0. The summed E-state index contributed by atoms with van der Waals surface area (Å²) in [5.41, 5.74) is 1.20. The van der Waals surface area contributed by atoms with Crippen LogP contribution in [0.25, 0.3) is 0 Å². The van der Waals surface area contributed by atoms with E-state index in [4.69, 9.17) is 0 Å². The van der Waals surface area contributed by atoms with Gasteiger partial charge in [-0.2, -0.15) is 0 Å². The zero-order valence-corrected chi connectivity index (χ0v) is 10.8. The van der Waals surface area contributed by atoms with Gasteiger partial charge < -0.3 is 5.11 Å². The largest absolute Gasteiger partial charge is 0.393 e. The third-order valence-electron chi connectivity index (χ3n) is 2.86. The molecular formula is C14H28O. The minimum atomic E-state index is -0.227. The number of aliphatic hydroxyl groups is 1. The summed E-state index contributed by atoms with van der Waals surface area (Å²) in [6.45, 7) is 10.4. The molecule has 0 rings (SSSR count). The van der Waals surface area contributed by atoms with Crippen LogP contribution >= 0.6 is 0 Å². The molecule has 0 fully saturated rings. The van der Waals surface area contributed by atoms with E-state index >= 15 is 0 Å². The maximum atomic E-state index is 9.19. The van der Waals surface area contributed by atoms with E-state index in [1.165, 1.54) is 37.7 Å². The molecule has 0 saturated heterocycles. The molecule has 0 saturated carbocycles. The van der Waals surface area contributed by atoms with E-state index in [0.717, 1.165) is 18.8 Å². The van der Waals surface area contributed by atoms with Crippen LogP contribution < -0.4 is 0 Å².